The molecular formula is C12H12F3N3O. The molecular weight excluding hydrogens is 259 g/mol. The van der Waals surface area contributed by atoms with Gasteiger partial charge in [-0.05, 0) is 32.2 Å². The lowest BCUT2D eigenvalue weighted by Gasteiger charge is -2.14. The molecule has 7 heteroatoms. The average molecular weight is 271 g/mol. The highest BCUT2D eigenvalue weighted by atomic mass is 19.4. The minimum atomic E-state index is -4.48. The predicted molar refractivity (Wildman–Crippen MR) is 64.8 cm³/mol. The fourth-order valence-corrected chi connectivity index (χ4v) is 1.73. The first-order chi connectivity index (χ1) is 8.84. The first-order valence-electron chi connectivity index (χ1n) is 5.60. The predicted octanol–water partition coefficient (Wildman–Crippen LogP) is 2.15. The van der Waals surface area contributed by atoms with E-state index in [1.54, 1.807) is 14.0 Å². The van der Waals surface area contributed by atoms with Gasteiger partial charge in [0.2, 0.25) is 0 Å². The Balaban J connectivity index is 2.70. The summed E-state index contributed by atoms with van der Waals surface area (Å²) in [5, 5.41) is 2.79. The molecule has 0 aliphatic rings. The molecule has 2 aromatic rings. The molecule has 0 saturated heterocycles. The van der Waals surface area contributed by atoms with Gasteiger partial charge in [0, 0.05) is 0 Å². The van der Waals surface area contributed by atoms with E-state index in [0.717, 1.165) is 12.1 Å². The van der Waals surface area contributed by atoms with E-state index in [4.69, 9.17) is 0 Å². The third-order valence-electron chi connectivity index (χ3n) is 2.95. The van der Waals surface area contributed by atoms with E-state index in [-0.39, 0.29) is 17.1 Å². The Labute approximate surface area is 106 Å². The Morgan fingerprint density at radius 2 is 2.05 bits per heavy atom. The van der Waals surface area contributed by atoms with E-state index >= 15 is 0 Å². The van der Waals surface area contributed by atoms with Crippen LogP contribution >= 0.6 is 0 Å². The largest absolute Gasteiger partial charge is 0.416 e. The lowest BCUT2D eigenvalue weighted by atomic mass is 10.1. The van der Waals surface area contributed by atoms with Gasteiger partial charge in [-0.2, -0.15) is 13.2 Å². The Hall–Kier alpha value is -1.89. The van der Waals surface area contributed by atoms with Crippen molar-refractivity contribution in [3.63, 3.8) is 0 Å². The van der Waals surface area contributed by atoms with Crippen molar-refractivity contribution >= 4 is 10.9 Å². The van der Waals surface area contributed by atoms with Crippen LogP contribution in [0.3, 0.4) is 0 Å². The van der Waals surface area contributed by atoms with Crippen LogP contribution in [0, 0.1) is 0 Å². The maximum absolute atomic E-state index is 12.6. The maximum Gasteiger partial charge on any atom is 0.416 e. The number of nitrogens with one attached hydrogen (secondary N) is 1. The van der Waals surface area contributed by atoms with Crippen LogP contribution in [0.2, 0.25) is 0 Å². The number of benzene rings is 1. The SMILES string of the molecule is CNC(C)n1cnc2ccc(C(F)(F)F)cc2c1=O. The second-order valence-electron chi connectivity index (χ2n) is 4.15. The average Bonchev–Trinajstić information content (AvgIpc) is 2.37. The third-order valence-corrected chi connectivity index (χ3v) is 2.95. The molecule has 4 nitrogen and oxygen atoms in total. The summed E-state index contributed by atoms with van der Waals surface area (Å²) in [5.74, 6) is 0. The topological polar surface area (TPSA) is 46.9 Å². The first kappa shape index (κ1) is 13.5. The summed E-state index contributed by atoms with van der Waals surface area (Å²) >= 11 is 0. The molecule has 0 radical (unpaired) electrons. The van der Waals surface area contributed by atoms with Crippen LogP contribution in [0.5, 0.6) is 0 Å². The van der Waals surface area contributed by atoms with E-state index in [1.807, 2.05) is 0 Å². The van der Waals surface area contributed by atoms with Gasteiger partial charge in [-0.1, -0.05) is 0 Å². The summed E-state index contributed by atoms with van der Waals surface area (Å²) in [5.41, 5.74) is -1.11. The summed E-state index contributed by atoms with van der Waals surface area (Å²) in [6.45, 7) is 1.71. The zero-order valence-corrected chi connectivity index (χ0v) is 10.3. The van der Waals surface area contributed by atoms with Crippen LogP contribution < -0.4 is 10.9 Å². The Morgan fingerprint density at radius 1 is 1.37 bits per heavy atom. The number of fused-ring (bicyclic) bond motifs is 1. The summed E-state index contributed by atoms with van der Waals surface area (Å²) in [4.78, 5) is 16.1. The third kappa shape index (κ3) is 2.46. The molecule has 0 saturated carbocycles. The van der Waals surface area contributed by atoms with Crippen LogP contribution in [-0.4, -0.2) is 16.6 Å². The number of halogens is 3. The zero-order valence-electron chi connectivity index (χ0n) is 10.3. The number of alkyl halides is 3. The van der Waals surface area contributed by atoms with Crippen LogP contribution in [0.25, 0.3) is 10.9 Å². The number of aromatic nitrogens is 2. The van der Waals surface area contributed by atoms with Crippen molar-refractivity contribution in [2.75, 3.05) is 7.05 Å². The number of rotatable bonds is 2. The van der Waals surface area contributed by atoms with Crippen molar-refractivity contribution in [2.45, 2.75) is 19.3 Å². The van der Waals surface area contributed by atoms with Gasteiger partial charge in [-0.25, -0.2) is 4.98 Å². The van der Waals surface area contributed by atoms with Gasteiger partial charge in [0.15, 0.2) is 0 Å². The monoisotopic (exact) mass is 271 g/mol. The number of hydrogen-bond donors (Lipinski definition) is 1. The van der Waals surface area contributed by atoms with Gasteiger partial charge < -0.3 is 5.32 Å². The Kier molecular flexibility index (Phi) is 3.32. The van der Waals surface area contributed by atoms with Gasteiger partial charge >= 0.3 is 6.18 Å². The van der Waals surface area contributed by atoms with E-state index in [9.17, 15) is 18.0 Å². The highest BCUT2D eigenvalue weighted by Gasteiger charge is 2.30. The molecule has 0 aliphatic carbocycles. The van der Waals surface area contributed by atoms with Crippen molar-refractivity contribution in [1.29, 1.82) is 0 Å². The second kappa shape index (κ2) is 4.65. The molecule has 0 fully saturated rings. The molecule has 0 amide bonds. The summed E-state index contributed by atoms with van der Waals surface area (Å²) in [7, 11) is 1.65. The van der Waals surface area contributed by atoms with Crippen molar-refractivity contribution in [2.24, 2.45) is 0 Å². The lowest BCUT2D eigenvalue weighted by molar-refractivity contribution is -0.137. The zero-order chi connectivity index (χ0) is 14.2. The molecule has 0 aliphatic heterocycles. The van der Waals surface area contributed by atoms with E-state index in [0.29, 0.717) is 0 Å². The van der Waals surface area contributed by atoms with E-state index in [2.05, 4.69) is 10.3 Å². The van der Waals surface area contributed by atoms with Crippen LogP contribution in [-0.2, 0) is 6.18 Å². The van der Waals surface area contributed by atoms with Crippen LogP contribution in [0.1, 0.15) is 18.7 Å². The fourth-order valence-electron chi connectivity index (χ4n) is 1.73. The van der Waals surface area contributed by atoms with Crippen molar-refractivity contribution in [1.82, 2.24) is 14.9 Å². The molecule has 1 atom stereocenters. The number of hydrogen-bond acceptors (Lipinski definition) is 3. The van der Waals surface area contributed by atoms with Crippen molar-refractivity contribution < 1.29 is 13.2 Å². The maximum atomic E-state index is 12.6. The fraction of sp³-hybridized carbons (Fsp3) is 0.333. The second-order valence-corrected chi connectivity index (χ2v) is 4.15. The first-order valence-corrected chi connectivity index (χ1v) is 5.60. The van der Waals surface area contributed by atoms with Gasteiger partial charge in [0.25, 0.3) is 5.56 Å². The molecule has 0 spiro atoms. The normalized spacial score (nSPS) is 13.7. The lowest BCUT2D eigenvalue weighted by Crippen LogP contribution is -2.30. The summed E-state index contributed by atoms with van der Waals surface area (Å²) < 4.78 is 39.1. The van der Waals surface area contributed by atoms with E-state index in [1.165, 1.54) is 17.0 Å². The molecule has 19 heavy (non-hydrogen) atoms. The van der Waals surface area contributed by atoms with Gasteiger partial charge in [-0.3, -0.25) is 9.36 Å². The highest BCUT2D eigenvalue weighted by molar-refractivity contribution is 5.78. The van der Waals surface area contributed by atoms with Gasteiger partial charge in [-0.15, -0.1) is 0 Å². The van der Waals surface area contributed by atoms with Crippen LogP contribution in [0.15, 0.2) is 29.3 Å². The van der Waals surface area contributed by atoms with Gasteiger partial charge in [0.05, 0.1) is 29.0 Å². The Bertz CT molecular complexity index is 663. The Morgan fingerprint density at radius 3 is 2.63 bits per heavy atom. The summed E-state index contributed by atoms with van der Waals surface area (Å²) in [6.07, 6.45) is -3.51. The highest BCUT2D eigenvalue weighted by Crippen LogP contribution is 2.30. The van der Waals surface area contributed by atoms with Crippen molar-refractivity contribution in [3.8, 4) is 0 Å². The molecule has 102 valence electrons. The van der Waals surface area contributed by atoms with E-state index < -0.39 is 17.3 Å². The molecule has 1 aromatic heterocycles. The summed E-state index contributed by atoms with van der Waals surface area (Å²) in [6, 6.07) is 2.96. The molecule has 0 bridgehead atoms. The molecule has 1 N–H and O–H groups in total. The molecule has 1 unspecified atom stereocenters. The minimum absolute atomic E-state index is 0.0422. The molecule has 2 rings (SSSR count). The number of nitrogens with zero attached hydrogens (tertiary/aromatic N) is 2. The van der Waals surface area contributed by atoms with Crippen LogP contribution in [0.4, 0.5) is 13.2 Å². The van der Waals surface area contributed by atoms with Crippen molar-refractivity contribution in [3.05, 3.63) is 40.4 Å². The minimum Gasteiger partial charge on any atom is -0.300 e. The quantitative estimate of drug-likeness (QED) is 0.910. The molecule has 1 heterocycles. The smallest absolute Gasteiger partial charge is 0.300 e. The van der Waals surface area contributed by atoms with Gasteiger partial charge in [0.1, 0.15) is 0 Å². The standard InChI is InChI=1S/C12H12F3N3O/c1-7(16-2)18-6-17-10-4-3-8(12(13,14)15)5-9(10)11(18)19/h3-7,16H,1-2H3. The molecule has 1 aromatic carbocycles.